The Morgan fingerprint density at radius 3 is 2.80 bits per heavy atom. The predicted molar refractivity (Wildman–Crippen MR) is 56.7 cm³/mol. The Hall–Kier alpha value is -1.29. The van der Waals surface area contributed by atoms with Crippen molar-refractivity contribution in [2.75, 3.05) is 19.7 Å². The molecule has 84 valence electrons. The second-order valence-electron chi connectivity index (χ2n) is 3.41. The number of nitrogens with zero attached hydrogens (tertiary/aromatic N) is 1. The number of aliphatic hydroxyl groups is 1. The van der Waals surface area contributed by atoms with Crippen molar-refractivity contribution in [3.05, 3.63) is 23.7 Å². The minimum absolute atomic E-state index is 0.0391. The van der Waals surface area contributed by atoms with Gasteiger partial charge in [-0.1, -0.05) is 0 Å². The lowest BCUT2D eigenvalue weighted by Crippen LogP contribution is -2.31. The second kappa shape index (κ2) is 5.56. The van der Waals surface area contributed by atoms with E-state index in [-0.39, 0.29) is 12.5 Å². The van der Waals surface area contributed by atoms with Crippen LogP contribution in [-0.2, 0) is 0 Å². The fourth-order valence-electron chi connectivity index (χ4n) is 1.40. The van der Waals surface area contributed by atoms with Crippen molar-refractivity contribution in [3.8, 4) is 0 Å². The zero-order valence-corrected chi connectivity index (χ0v) is 9.19. The summed E-state index contributed by atoms with van der Waals surface area (Å²) in [6, 6.07) is 1.73. The Kier molecular flexibility index (Phi) is 4.37. The smallest absolute Gasteiger partial charge is 0.257 e. The molecule has 1 aromatic rings. The number of carbonyl (C=O) groups excluding carboxylic acids is 1. The summed E-state index contributed by atoms with van der Waals surface area (Å²) in [7, 11) is 0. The Morgan fingerprint density at radius 1 is 1.60 bits per heavy atom. The van der Waals surface area contributed by atoms with Crippen LogP contribution in [0.3, 0.4) is 0 Å². The van der Waals surface area contributed by atoms with Gasteiger partial charge in [0.05, 0.1) is 5.56 Å². The van der Waals surface area contributed by atoms with Gasteiger partial charge in [0.2, 0.25) is 0 Å². The summed E-state index contributed by atoms with van der Waals surface area (Å²) in [5.41, 5.74) is 0.576. The summed E-state index contributed by atoms with van der Waals surface area (Å²) in [4.78, 5) is 13.6. The maximum Gasteiger partial charge on any atom is 0.257 e. The third kappa shape index (κ3) is 3.09. The van der Waals surface area contributed by atoms with E-state index in [1.807, 2.05) is 6.92 Å². The van der Waals surface area contributed by atoms with E-state index in [9.17, 15) is 4.79 Å². The number of carbonyl (C=O) groups is 1. The average molecular weight is 211 g/mol. The summed E-state index contributed by atoms with van der Waals surface area (Å²) in [5, 5.41) is 8.71. The topological polar surface area (TPSA) is 53.7 Å². The average Bonchev–Trinajstić information content (AvgIpc) is 2.65. The van der Waals surface area contributed by atoms with Crippen LogP contribution in [0.5, 0.6) is 0 Å². The van der Waals surface area contributed by atoms with Crippen LogP contribution in [0.15, 0.2) is 16.7 Å². The van der Waals surface area contributed by atoms with Crippen LogP contribution in [0.4, 0.5) is 0 Å². The molecule has 0 bridgehead atoms. The lowest BCUT2D eigenvalue weighted by atomic mass is 10.2. The molecule has 1 aromatic heterocycles. The molecule has 15 heavy (non-hydrogen) atoms. The van der Waals surface area contributed by atoms with Gasteiger partial charge in [-0.2, -0.15) is 0 Å². The third-order valence-electron chi connectivity index (χ3n) is 2.23. The van der Waals surface area contributed by atoms with Gasteiger partial charge in [-0.05, 0) is 26.3 Å². The molecular weight excluding hydrogens is 194 g/mol. The van der Waals surface area contributed by atoms with Gasteiger partial charge in [0.25, 0.3) is 5.91 Å². The molecule has 0 saturated heterocycles. The largest absolute Gasteiger partial charge is 0.469 e. The van der Waals surface area contributed by atoms with E-state index in [0.717, 1.165) is 5.76 Å². The SMILES string of the molecule is CCN(CCCO)C(=O)c1coc(C)c1. The highest BCUT2D eigenvalue weighted by molar-refractivity contribution is 5.94. The van der Waals surface area contributed by atoms with Crippen LogP contribution in [0, 0.1) is 6.92 Å². The Bertz CT molecular complexity index is 319. The third-order valence-corrected chi connectivity index (χ3v) is 2.23. The number of aliphatic hydroxyl groups excluding tert-OH is 1. The minimum atomic E-state index is -0.0391. The van der Waals surface area contributed by atoms with Crippen LogP contribution in [0.25, 0.3) is 0 Å². The maximum atomic E-state index is 11.9. The van der Waals surface area contributed by atoms with Gasteiger partial charge in [-0.25, -0.2) is 0 Å². The standard InChI is InChI=1S/C11H17NO3/c1-3-12(5-4-6-13)11(14)10-7-9(2)15-8-10/h7-8,13H,3-6H2,1-2H3. The molecule has 0 aromatic carbocycles. The van der Waals surface area contributed by atoms with Crippen molar-refractivity contribution in [2.24, 2.45) is 0 Å². The molecule has 0 saturated carbocycles. The fourth-order valence-corrected chi connectivity index (χ4v) is 1.40. The van der Waals surface area contributed by atoms with Crippen molar-refractivity contribution in [3.63, 3.8) is 0 Å². The summed E-state index contributed by atoms with van der Waals surface area (Å²) < 4.78 is 5.09. The molecule has 0 aliphatic rings. The number of amides is 1. The van der Waals surface area contributed by atoms with E-state index in [1.165, 1.54) is 6.26 Å². The van der Waals surface area contributed by atoms with Crippen molar-refractivity contribution in [1.29, 1.82) is 0 Å². The molecule has 1 heterocycles. The highest BCUT2D eigenvalue weighted by Gasteiger charge is 2.15. The van der Waals surface area contributed by atoms with E-state index >= 15 is 0 Å². The molecule has 4 nitrogen and oxygen atoms in total. The van der Waals surface area contributed by atoms with Crippen molar-refractivity contribution in [1.82, 2.24) is 4.90 Å². The molecule has 0 aliphatic heterocycles. The zero-order chi connectivity index (χ0) is 11.3. The van der Waals surface area contributed by atoms with Crippen molar-refractivity contribution >= 4 is 5.91 Å². The molecule has 1 amide bonds. The molecule has 0 atom stereocenters. The molecule has 1 N–H and O–H groups in total. The van der Waals surface area contributed by atoms with Gasteiger partial charge in [0.15, 0.2) is 0 Å². The molecule has 1 rings (SSSR count). The van der Waals surface area contributed by atoms with Crippen molar-refractivity contribution in [2.45, 2.75) is 20.3 Å². The van der Waals surface area contributed by atoms with Gasteiger partial charge in [0, 0.05) is 19.7 Å². The maximum absolute atomic E-state index is 11.9. The number of aryl methyl sites for hydroxylation is 1. The Morgan fingerprint density at radius 2 is 2.33 bits per heavy atom. The predicted octanol–water partition coefficient (Wildman–Crippen LogP) is 1.43. The summed E-state index contributed by atoms with van der Waals surface area (Å²) in [5.74, 6) is 0.694. The molecular formula is C11H17NO3. The lowest BCUT2D eigenvalue weighted by Gasteiger charge is -2.19. The van der Waals surface area contributed by atoms with Gasteiger partial charge in [0.1, 0.15) is 12.0 Å². The van der Waals surface area contributed by atoms with Crippen LogP contribution in [-0.4, -0.2) is 35.6 Å². The van der Waals surface area contributed by atoms with Gasteiger partial charge in [-0.3, -0.25) is 4.79 Å². The molecule has 4 heteroatoms. The van der Waals surface area contributed by atoms with Crippen molar-refractivity contribution < 1.29 is 14.3 Å². The summed E-state index contributed by atoms with van der Waals surface area (Å²) in [6.07, 6.45) is 2.08. The van der Waals surface area contributed by atoms with E-state index in [0.29, 0.717) is 25.1 Å². The number of rotatable bonds is 5. The van der Waals surface area contributed by atoms with Gasteiger partial charge in [-0.15, -0.1) is 0 Å². The quantitative estimate of drug-likeness (QED) is 0.801. The minimum Gasteiger partial charge on any atom is -0.469 e. The molecule has 0 radical (unpaired) electrons. The Balaban J connectivity index is 2.64. The highest BCUT2D eigenvalue weighted by atomic mass is 16.3. The normalized spacial score (nSPS) is 10.3. The molecule has 0 fully saturated rings. The number of hydrogen-bond acceptors (Lipinski definition) is 3. The molecule has 0 aliphatic carbocycles. The van der Waals surface area contributed by atoms with Crippen LogP contribution in [0.2, 0.25) is 0 Å². The lowest BCUT2D eigenvalue weighted by molar-refractivity contribution is 0.0753. The van der Waals surface area contributed by atoms with Gasteiger partial charge >= 0.3 is 0 Å². The highest BCUT2D eigenvalue weighted by Crippen LogP contribution is 2.09. The van der Waals surface area contributed by atoms with Crippen LogP contribution < -0.4 is 0 Å². The number of furan rings is 1. The first-order valence-electron chi connectivity index (χ1n) is 5.14. The zero-order valence-electron chi connectivity index (χ0n) is 9.19. The van der Waals surface area contributed by atoms with E-state index in [4.69, 9.17) is 9.52 Å². The first-order chi connectivity index (χ1) is 7.19. The number of hydrogen-bond donors (Lipinski definition) is 1. The van der Waals surface area contributed by atoms with E-state index < -0.39 is 0 Å². The summed E-state index contributed by atoms with van der Waals surface area (Å²) in [6.45, 7) is 5.05. The van der Waals surface area contributed by atoms with E-state index in [1.54, 1.807) is 17.9 Å². The monoisotopic (exact) mass is 211 g/mol. The van der Waals surface area contributed by atoms with Crippen LogP contribution in [0.1, 0.15) is 29.5 Å². The second-order valence-corrected chi connectivity index (χ2v) is 3.41. The molecule has 0 spiro atoms. The van der Waals surface area contributed by atoms with E-state index in [2.05, 4.69) is 0 Å². The van der Waals surface area contributed by atoms with Crippen LogP contribution >= 0.6 is 0 Å². The fraction of sp³-hybridized carbons (Fsp3) is 0.545. The summed E-state index contributed by atoms with van der Waals surface area (Å²) >= 11 is 0. The first kappa shape index (κ1) is 11.8. The molecule has 0 unspecified atom stereocenters. The van der Waals surface area contributed by atoms with Gasteiger partial charge < -0.3 is 14.4 Å². The first-order valence-corrected chi connectivity index (χ1v) is 5.14. The Labute approximate surface area is 89.5 Å².